The number of hydrogen-bond donors (Lipinski definition) is 1. The number of nitrogens with one attached hydrogen (secondary N) is 1. The van der Waals surface area contributed by atoms with E-state index in [2.05, 4.69) is 15.0 Å². The molecule has 1 N–H and O–H groups in total. The smallest absolute Gasteiger partial charge is 0.278 e. The van der Waals surface area contributed by atoms with E-state index in [1.54, 1.807) is 10.9 Å². The lowest BCUT2D eigenvalue weighted by molar-refractivity contribution is 0.615. The van der Waals surface area contributed by atoms with E-state index >= 15 is 0 Å². The monoisotopic (exact) mass is 212 g/mol. The third-order valence-electron chi connectivity index (χ3n) is 1.97. The zero-order chi connectivity index (χ0) is 10.3. The molecule has 74 valence electrons. The Labute approximate surface area is 84.8 Å². The van der Waals surface area contributed by atoms with Crippen LogP contribution in [0.25, 0.3) is 11.2 Å². The largest absolute Gasteiger partial charge is 0.322 e. The van der Waals surface area contributed by atoms with Crippen LogP contribution in [0.5, 0.6) is 0 Å². The summed E-state index contributed by atoms with van der Waals surface area (Å²) in [7, 11) is 0. The van der Waals surface area contributed by atoms with Gasteiger partial charge in [-0.15, -0.1) is 0 Å². The highest BCUT2D eigenvalue weighted by atomic mass is 35.5. The van der Waals surface area contributed by atoms with Gasteiger partial charge in [-0.2, -0.15) is 4.98 Å². The van der Waals surface area contributed by atoms with Gasteiger partial charge in [-0.05, 0) is 25.4 Å². The second-order valence-electron chi connectivity index (χ2n) is 3.27. The Hall–Kier alpha value is -1.36. The highest BCUT2D eigenvalue weighted by Gasteiger charge is 2.11. The quantitative estimate of drug-likeness (QED) is 0.726. The third kappa shape index (κ3) is 1.29. The summed E-state index contributed by atoms with van der Waals surface area (Å²) in [5, 5.41) is 0.0662. The topological polar surface area (TPSA) is 63.6 Å². The van der Waals surface area contributed by atoms with Crippen LogP contribution in [-0.2, 0) is 0 Å². The molecular weight excluding hydrogens is 204 g/mol. The normalized spacial score (nSPS) is 11.4. The Balaban J connectivity index is 2.86. The Kier molecular flexibility index (Phi) is 2.03. The van der Waals surface area contributed by atoms with Crippen molar-refractivity contribution < 1.29 is 0 Å². The van der Waals surface area contributed by atoms with Gasteiger partial charge in [0.15, 0.2) is 11.2 Å². The van der Waals surface area contributed by atoms with E-state index in [9.17, 15) is 4.79 Å². The number of fused-ring (bicyclic) bond motifs is 1. The van der Waals surface area contributed by atoms with Crippen molar-refractivity contribution in [2.75, 3.05) is 0 Å². The van der Waals surface area contributed by atoms with Gasteiger partial charge in [-0.25, -0.2) is 4.98 Å². The molecule has 0 amide bonds. The standard InChI is InChI=1S/C8H9ClN4O/c1-4(2)13-3-10-6-5(13)7(14)12-8(9)11-6/h3-4H,1-2H3,(H,11,12,14). The van der Waals surface area contributed by atoms with Crippen LogP contribution >= 0.6 is 11.6 Å². The number of rotatable bonds is 1. The summed E-state index contributed by atoms with van der Waals surface area (Å²) in [4.78, 5) is 21.9. The van der Waals surface area contributed by atoms with Gasteiger partial charge in [-0.3, -0.25) is 9.78 Å². The number of aromatic nitrogens is 4. The number of nitrogens with zero attached hydrogens (tertiary/aromatic N) is 3. The van der Waals surface area contributed by atoms with E-state index in [0.717, 1.165) is 0 Å². The first-order valence-corrected chi connectivity index (χ1v) is 4.59. The fourth-order valence-electron chi connectivity index (χ4n) is 1.32. The molecule has 2 aromatic heterocycles. The molecule has 0 aliphatic rings. The average Bonchev–Trinajstić information content (AvgIpc) is 2.47. The van der Waals surface area contributed by atoms with E-state index in [-0.39, 0.29) is 16.9 Å². The average molecular weight is 213 g/mol. The van der Waals surface area contributed by atoms with Crippen LogP contribution in [-0.4, -0.2) is 19.5 Å². The minimum Gasteiger partial charge on any atom is -0.322 e. The molecule has 6 heteroatoms. The summed E-state index contributed by atoms with van der Waals surface area (Å²) < 4.78 is 1.76. The van der Waals surface area contributed by atoms with E-state index in [1.165, 1.54) is 0 Å². The Morgan fingerprint density at radius 1 is 1.57 bits per heavy atom. The zero-order valence-corrected chi connectivity index (χ0v) is 8.54. The molecule has 0 aromatic carbocycles. The van der Waals surface area contributed by atoms with Gasteiger partial charge in [0.05, 0.1) is 6.33 Å². The Bertz CT molecular complexity index is 528. The van der Waals surface area contributed by atoms with Crippen molar-refractivity contribution in [1.82, 2.24) is 19.5 Å². The summed E-state index contributed by atoms with van der Waals surface area (Å²) in [5.74, 6) is 0. The van der Waals surface area contributed by atoms with E-state index in [0.29, 0.717) is 11.2 Å². The summed E-state index contributed by atoms with van der Waals surface area (Å²) in [6.45, 7) is 3.93. The number of hydrogen-bond acceptors (Lipinski definition) is 3. The van der Waals surface area contributed by atoms with Crippen molar-refractivity contribution in [1.29, 1.82) is 0 Å². The summed E-state index contributed by atoms with van der Waals surface area (Å²) in [5.41, 5.74) is 0.586. The molecular formula is C8H9ClN4O. The van der Waals surface area contributed by atoms with Crippen LogP contribution in [0.3, 0.4) is 0 Å². The van der Waals surface area contributed by atoms with Crippen LogP contribution in [0.2, 0.25) is 5.28 Å². The van der Waals surface area contributed by atoms with E-state index < -0.39 is 0 Å². The van der Waals surface area contributed by atoms with Gasteiger partial charge in [0.1, 0.15) is 0 Å². The molecule has 0 unspecified atom stereocenters. The predicted octanol–water partition coefficient (Wildman–Crippen LogP) is 1.35. The van der Waals surface area contributed by atoms with Gasteiger partial charge in [-0.1, -0.05) is 0 Å². The van der Waals surface area contributed by atoms with Crippen LogP contribution in [0.4, 0.5) is 0 Å². The van der Waals surface area contributed by atoms with Gasteiger partial charge in [0, 0.05) is 6.04 Å². The second kappa shape index (κ2) is 3.09. The predicted molar refractivity (Wildman–Crippen MR) is 53.5 cm³/mol. The molecule has 2 aromatic rings. The minimum absolute atomic E-state index is 0.0662. The summed E-state index contributed by atoms with van der Waals surface area (Å²) >= 11 is 5.60. The number of aromatic amines is 1. The number of imidazole rings is 1. The van der Waals surface area contributed by atoms with Crippen molar-refractivity contribution >= 4 is 22.8 Å². The highest BCUT2D eigenvalue weighted by molar-refractivity contribution is 6.28. The van der Waals surface area contributed by atoms with Crippen molar-refractivity contribution in [2.24, 2.45) is 0 Å². The summed E-state index contributed by atoms with van der Waals surface area (Å²) in [6.07, 6.45) is 1.59. The molecule has 0 saturated carbocycles. The number of H-pyrrole nitrogens is 1. The highest BCUT2D eigenvalue weighted by Crippen LogP contribution is 2.12. The van der Waals surface area contributed by atoms with E-state index in [1.807, 2.05) is 13.8 Å². The molecule has 2 heterocycles. The molecule has 0 saturated heterocycles. The molecule has 2 rings (SSSR count). The fourth-order valence-corrected chi connectivity index (χ4v) is 1.48. The Morgan fingerprint density at radius 3 is 2.93 bits per heavy atom. The zero-order valence-electron chi connectivity index (χ0n) is 7.78. The molecule has 0 radical (unpaired) electrons. The van der Waals surface area contributed by atoms with Crippen molar-refractivity contribution in [2.45, 2.75) is 19.9 Å². The van der Waals surface area contributed by atoms with Gasteiger partial charge in [0.2, 0.25) is 5.28 Å². The third-order valence-corrected chi connectivity index (χ3v) is 2.15. The molecule has 0 aliphatic heterocycles. The van der Waals surface area contributed by atoms with Gasteiger partial charge >= 0.3 is 0 Å². The molecule has 14 heavy (non-hydrogen) atoms. The SMILES string of the molecule is CC(C)n1cnc2nc(Cl)[nH]c(=O)c21. The maximum absolute atomic E-state index is 11.5. The van der Waals surface area contributed by atoms with Crippen LogP contribution in [0.15, 0.2) is 11.1 Å². The van der Waals surface area contributed by atoms with Crippen molar-refractivity contribution in [3.8, 4) is 0 Å². The molecule has 0 fully saturated rings. The number of halogens is 1. The lowest BCUT2D eigenvalue weighted by atomic mass is 10.4. The molecule has 0 bridgehead atoms. The van der Waals surface area contributed by atoms with Crippen molar-refractivity contribution in [3.05, 3.63) is 22.0 Å². The van der Waals surface area contributed by atoms with Gasteiger partial charge < -0.3 is 4.57 Å². The fraction of sp³-hybridized carbons (Fsp3) is 0.375. The first kappa shape index (κ1) is 9.21. The second-order valence-corrected chi connectivity index (χ2v) is 3.63. The van der Waals surface area contributed by atoms with Crippen LogP contribution in [0, 0.1) is 0 Å². The van der Waals surface area contributed by atoms with Crippen molar-refractivity contribution in [3.63, 3.8) is 0 Å². The van der Waals surface area contributed by atoms with Crippen LogP contribution in [0.1, 0.15) is 19.9 Å². The lowest BCUT2D eigenvalue weighted by Gasteiger charge is -2.05. The molecule has 5 nitrogen and oxygen atoms in total. The maximum atomic E-state index is 11.5. The minimum atomic E-state index is -0.258. The van der Waals surface area contributed by atoms with E-state index in [4.69, 9.17) is 11.6 Å². The van der Waals surface area contributed by atoms with Gasteiger partial charge in [0.25, 0.3) is 5.56 Å². The summed E-state index contributed by atoms with van der Waals surface area (Å²) in [6, 6.07) is 0.170. The molecule has 0 aliphatic carbocycles. The first-order valence-electron chi connectivity index (χ1n) is 4.22. The maximum Gasteiger partial charge on any atom is 0.278 e. The molecule has 0 atom stereocenters. The lowest BCUT2D eigenvalue weighted by Crippen LogP contribution is -2.13. The Morgan fingerprint density at radius 2 is 2.29 bits per heavy atom. The van der Waals surface area contributed by atoms with Crippen LogP contribution < -0.4 is 5.56 Å². The molecule has 0 spiro atoms. The first-order chi connectivity index (χ1) is 6.59.